The van der Waals surface area contributed by atoms with Crippen LogP contribution in [-0.4, -0.2) is 18.9 Å². The second-order valence-corrected chi connectivity index (χ2v) is 3.53. The summed E-state index contributed by atoms with van der Waals surface area (Å²) in [6, 6.07) is 0. The van der Waals surface area contributed by atoms with Gasteiger partial charge < -0.3 is 4.74 Å². The Balaban J connectivity index is 4.48. The molecular formula is C13H18O3. The molecule has 0 aromatic rings. The van der Waals surface area contributed by atoms with Crippen LogP contribution >= 0.6 is 0 Å². The zero-order valence-corrected chi connectivity index (χ0v) is 9.86. The molecule has 0 aliphatic heterocycles. The van der Waals surface area contributed by atoms with E-state index in [-0.39, 0.29) is 18.2 Å². The van der Waals surface area contributed by atoms with E-state index < -0.39 is 5.92 Å². The van der Waals surface area contributed by atoms with Crippen molar-refractivity contribution in [3.8, 4) is 0 Å². The van der Waals surface area contributed by atoms with E-state index in [4.69, 9.17) is 0 Å². The molecule has 0 amide bonds. The lowest BCUT2D eigenvalue weighted by atomic mass is 9.96. The molecule has 0 spiro atoms. The van der Waals surface area contributed by atoms with Crippen LogP contribution in [0.3, 0.4) is 0 Å². The van der Waals surface area contributed by atoms with Crippen molar-refractivity contribution in [3.63, 3.8) is 0 Å². The number of allylic oxidation sites excluding steroid dienone is 4. The third-order valence-corrected chi connectivity index (χ3v) is 2.14. The molecule has 0 aliphatic rings. The van der Waals surface area contributed by atoms with Crippen LogP contribution in [-0.2, 0) is 14.3 Å². The van der Waals surface area contributed by atoms with Crippen LogP contribution in [0.15, 0.2) is 37.0 Å². The summed E-state index contributed by atoms with van der Waals surface area (Å²) in [6.07, 6.45) is 5.76. The highest BCUT2D eigenvalue weighted by Crippen LogP contribution is 2.14. The number of carbonyl (C=O) groups is 2. The fourth-order valence-electron chi connectivity index (χ4n) is 1.17. The summed E-state index contributed by atoms with van der Waals surface area (Å²) >= 11 is 0. The van der Waals surface area contributed by atoms with Gasteiger partial charge in [0.15, 0.2) is 5.78 Å². The van der Waals surface area contributed by atoms with Gasteiger partial charge in [-0.15, -0.1) is 0 Å². The number of carbonyl (C=O) groups excluding carboxylic acids is 2. The first-order valence-electron chi connectivity index (χ1n) is 5.07. The zero-order chi connectivity index (χ0) is 12.6. The highest BCUT2D eigenvalue weighted by Gasteiger charge is 2.21. The van der Waals surface area contributed by atoms with Gasteiger partial charge >= 0.3 is 5.97 Å². The minimum Gasteiger partial charge on any atom is -0.469 e. The third-order valence-electron chi connectivity index (χ3n) is 2.14. The van der Waals surface area contributed by atoms with Crippen LogP contribution in [0.2, 0.25) is 0 Å². The maximum Gasteiger partial charge on any atom is 0.309 e. The molecule has 1 atom stereocenters. The first kappa shape index (κ1) is 14.4. The van der Waals surface area contributed by atoms with Crippen molar-refractivity contribution in [2.45, 2.75) is 19.8 Å². The summed E-state index contributed by atoms with van der Waals surface area (Å²) in [5.74, 6) is -0.920. The minimum absolute atomic E-state index is 0.109. The van der Waals surface area contributed by atoms with Crippen LogP contribution in [0.4, 0.5) is 0 Å². The van der Waals surface area contributed by atoms with Crippen molar-refractivity contribution in [2.24, 2.45) is 5.92 Å². The van der Waals surface area contributed by atoms with Gasteiger partial charge in [-0.25, -0.2) is 0 Å². The Morgan fingerprint density at radius 1 is 1.44 bits per heavy atom. The Kier molecular flexibility index (Phi) is 6.84. The predicted molar refractivity (Wildman–Crippen MR) is 63.9 cm³/mol. The smallest absolute Gasteiger partial charge is 0.309 e. The Morgan fingerprint density at radius 2 is 2.06 bits per heavy atom. The Labute approximate surface area is 96.5 Å². The Morgan fingerprint density at radius 3 is 2.50 bits per heavy atom. The fraction of sp³-hybridized carbons (Fsp3) is 0.385. The minimum atomic E-state index is -0.439. The number of esters is 1. The van der Waals surface area contributed by atoms with Gasteiger partial charge in [0.25, 0.3) is 0 Å². The van der Waals surface area contributed by atoms with Crippen LogP contribution in [0.25, 0.3) is 0 Å². The predicted octanol–water partition coefficient (Wildman–Crippen LogP) is 2.44. The van der Waals surface area contributed by atoms with Crippen LogP contribution < -0.4 is 0 Å². The zero-order valence-electron chi connectivity index (χ0n) is 9.86. The number of methoxy groups -OCH3 is 1. The van der Waals surface area contributed by atoms with E-state index in [1.54, 1.807) is 25.2 Å². The van der Waals surface area contributed by atoms with Gasteiger partial charge in [-0.1, -0.05) is 31.4 Å². The van der Waals surface area contributed by atoms with E-state index in [1.807, 2.05) is 0 Å². The van der Waals surface area contributed by atoms with Gasteiger partial charge in [0.2, 0.25) is 0 Å². The van der Waals surface area contributed by atoms with Gasteiger partial charge in [-0.2, -0.15) is 0 Å². The number of ketones is 1. The van der Waals surface area contributed by atoms with Crippen molar-refractivity contribution >= 4 is 11.8 Å². The summed E-state index contributed by atoms with van der Waals surface area (Å²) in [5.41, 5.74) is 0.460. The van der Waals surface area contributed by atoms with Gasteiger partial charge in [0.1, 0.15) is 0 Å². The van der Waals surface area contributed by atoms with E-state index in [0.29, 0.717) is 12.0 Å². The van der Waals surface area contributed by atoms with E-state index in [2.05, 4.69) is 17.9 Å². The number of hydrogen-bond donors (Lipinski definition) is 0. The fourth-order valence-corrected chi connectivity index (χ4v) is 1.17. The molecular weight excluding hydrogens is 204 g/mol. The summed E-state index contributed by atoms with van der Waals surface area (Å²) in [5, 5.41) is 0. The highest BCUT2D eigenvalue weighted by molar-refractivity contribution is 5.96. The lowest BCUT2D eigenvalue weighted by Gasteiger charge is -2.11. The van der Waals surface area contributed by atoms with E-state index in [1.165, 1.54) is 7.11 Å². The monoisotopic (exact) mass is 222 g/mol. The second-order valence-electron chi connectivity index (χ2n) is 3.53. The number of hydrogen-bond acceptors (Lipinski definition) is 3. The molecule has 0 saturated heterocycles. The standard InChI is InChI=1S/C13H18O3/c1-5-6-7-8-11(13(15)16-4)9-12(14)10(2)3/h5-7,11H,1-2,8-9H2,3-4H3/b7-6+/t11-/m0/s1. The topological polar surface area (TPSA) is 43.4 Å². The molecule has 0 aromatic carbocycles. The number of Topliss-reactive ketones (excluding diaryl/α,β-unsaturated/α-hetero) is 1. The number of ether oxygens (including phenoxy) is 1. The van der Waals surface area contributed by atoms with E-state index in [0.717, 1.165) is 0 Å². The molecule has 0 aromatic heterocycles. The molecule has 0 saturated carbocycles. The quantitative estimate of drug-likeness (QED) is 0.377. The van der Waals surface area contributed by atoms with E-state index in [9.17, 15) is 9.59 Å². The molecule has 0 unspecified atom stereocenters. The molecule has 0 aliphatic carbocycles. The number of rotatable bonds is 7. The summed E-state index contributed by atoms with van der Waals surface area (Å²) in [7, 11) is 1.32. The van der Waals surface area contributed by atoms with Crippen molar-refractivity contribution in [3.05, 3.63) is 37.0 Å². The maximum absolute atomic E-state index is 11.5. The van der Waals surface area contributed by atoms with Gasteiger partial charge in [0.05, 0.1) is 13.0 Å². The van der Waals surface area contributed by atoms with Crippen LogP contribution in [0, 0.1) is 5.92 Å². The molecule has 88 valence electrons. The maximum atomic E-state index is 11.5. The van der Waals surface area contributed by atoms with Crippen molar-refractivity contribution in [2.75, 3.05) is 7.11 Å². The van der Waals surface area contributed by atoms with Crippen molar-refractivity contribution < 1.29 is 14.3 Å². The average Bonchev–Trinajstić information content (AvgIpc) is 2.26. The SMILES string of the molecule is C=C/C=C/C[C@@H](CC(=O)C(=C)C)C(=O)OC. The summed E-state index contributed by atoms with van der Waals surface area (Å²) in [6.45, 7) is 8.72. The molecule has 0 radical (unpaired) electrons. The molecule has 0 bridgehead atoms. The molecule has 0 heterocycles. The van der Waals surface area contributed by atoms with Crippen LogP contribution in [0.5, 0.6) is 0 Å². The summed E-state index contributed by atoms with van der Waals surface area (Å²) < 4.78 is 4.64. The Bertz CT molecular complexity index is 313. The van der Waals surface area contributed by atoms with Gasteiger partial charge in [0, 0.05) is 6.42 Å². The molecule has 16 heavy (non-hydrogen) atoms. The normalized spacial score (nSPS) is 12.1. The molecule has 0 fully saturated rings. The first-order chi connectivity index (χ1) is 7.52. The molecule has 3 heteroatoms. The largest absolute Gasteiger partial charge is 0.469 e. The first-order valence-corrected chi connectivity index (χ1v) is 5.07. The van der Waals surface area contributed by atoms with Crippen molar-refractivity contribution in [1.82, 2.24) is 0 Å². The molecule has 3 nitrogen and oxygen atoms in total. The Hall–Kier alpha value is -1.64. The lowest BCUT2D eigenvalue weighted by Crippen LogP contribution is -2.19. The summed E-state index contributed by atoms with van der Waals surface area (Å²) in [4.78, 5) is 22.9. The third kappa shape index (κ3) is 5.29. The lowest BCUT2D eigenvalue weighted by molar-refractivity contribution is -0.146. The van der Waals surface area contributed by atoms with E-state index >= 15 is 0 Å². The molecule has 0 N–H and O–H groups in total. The molecule has 0 rings (SSSR count). The van der Waals surface area contributed by atoms with Gasteiger partial charge in [-0.05, 0) is 18.9 Å². The average molecular weight is 222 g/mol. The second kappa shape index (κ2) is 7.63. The van der Waals surface area contributed by atoms with Crippen molar-refractivity contribution in [1.29, 1.82) is 0 Å². The highest BCUT2D eigenvalue weighted by atomic mass is 16.5. The van der Waals surface area contributed by atoms with Crippen LogP contribution in [0.1, 0.15) is 19.8 Å². The van der Waals surface area contributed by atoms with Gasteiger partial charge in [-0.3, -0.25) is 9.59 Å².